The maximum atomic E-state index is 13.8. The molecule has 1 aliphatic heterocycles. The molecule has 2 aromatic carbocycles. The summed E-state index contributed by atoms with van der Waals surface area (Å²) >= 11 is 0. The van der Waals surface area contributed by atoms with Crippen molar-refractivity contribution in [3.63, 3.8) is 0 Å². The number of carbonyl (C=O) groups excluding carboxylic acids is 4. The standard InChI is InChI=1S/C31H33NO14/c1-12-26(38)15(32-19(35)6-7-20(36)37)8-21(45-12)46-17-10-31(43,18(34)11-33)9-14-23(17)30(42)25-24(28(14)40)27(39)13-4-3-5-16(44-2)22(13)29(25)41/h3-5,12,15,17,21,26,33,38,40,42-43H,6-11H2,1-2H3,(H,32,35)(H,36,37)/t12-,15+,17?,21+,26-,31+/m1/s1. The number of methoxy groups -OCH3 is 1. The van der Waals surface area contributed by atoms with Crippen molar-refractivity contribution in [3.05, 3.63) is 51.6 Å². The summed E-state index contributed by atoms with van der Waals surface area (Å²) in [5.41, 5.74) is -4.16. The van der Waals surface area contributed by atoms with Crippen molar-refractivity contribution in [2.75, 3.05) is 13.7 Å². The third-order valence-corrected chi connectivity index (χ3v) is 8.67. The average Bonchev–Trinajstić information content (AvgIpc) is 3.01. The molecule has 7 N–H and O–H groups in total. The fourth-order valence-electron chi connectivity index (χ4n) is 6.36. The molecule has 1 fully saturated rings. The molecule has 15 nitrogen and oxygen atoms in total. The van der Waals surface area contributed by atoms with Crippen molar-refractivity contribution in [1.82, 2.24) is 5.32 Å². The first kappa shape index (κ1) is 33.0. The molecule has 3 aliphatic rings. The maximum absolute atomic E-state index is 13.8. The molecule has 1 unspecified atom stereocenters. The number of amides is 1. The summed E-state index contributed by atoms with van der Waals surface area (Å²) in [6.07, 6.45) is -7.18. The number of ketones is 3. The number of aromatic hydroxyl groups is 2. The van der Waals surface area contributed by atoms with Gasteiger partial charge in [-0.25, -0.2) is 0 Å². The summed E-state index contributed by atoms with van der Waals surface area (Å²) in [4.78, 5) is 63.4. The topological polar surface area (TPSA) is 246 Å². The van der Waals surface area contributed by atoms with Crippen LogP contribution < -0.4 is 10.1 Å². The Morgan fingerprint density at radius 1 is 1.07 bits per heavy atom. The zero-order valence-corrected chi connectivity index (χ0v) is 24.8. The first-order chi connectivity index (χ1) is 21.7. The number of Topliss-reactive ketones (excluding diaryl/α,β-unsaturated/α-hetero) is 1. The van der Waals surface area contributed by atoms with Crippen LogP contribution in [-0.4, -0.2) is 104 Å². The number of fused-ring (bicyclic) bond motifs is 3. The van der Waals surface area contributed by atoms with Crippen molar-refractivity contribution in [2.24, 2.45) is 0 Å². The minimum absolute atomic E-state index is 0.0495. The van der Waals surface area contributed by atoms with Crippen LogP contribution in [0, 0.1) is 0 Å². The van der Waals surface area contributed by atoms with Gasteiger partial charge in [0.1, 0.15) is 35.6 Å². The highest BCUT2D eigenvalue weighted by Gasteiger charge is 2.50. The van der Waals surface area contributed by atoms with Gasteiger partial charge in [0.2, 0.25) is 11.7 Å². The summed E-state index contributed by atoms with van der Waals surface area (Å²) in [5.74, 6) is -6.01. The number of aliphatic hydroxyl groups is 3. The van der Waals surface area contributed by atoms with Crippen LogP contribution in [-0.2, 0) is 30.3 Å². The van der Waals surface area contributed by atoms with Gasteiger partial charge < -0.3 is 50.2 Å². The molecule has 5 rings (SSSR count). The number of hydrogen-bond acceptors (Lipinski definition) is 13. The van der Waals surface area contributed by atoms with Gasteiger partial charge in [0.05, 0.1) is 48.5 Å². The van der Waals surface area contributed by atoms with Gasteiger partial charge in [-0.2, -0.15) is 0 Å². The van der Waals surface area contributed by atoms with Gasteiger partial charge in [0.25, 0.3) is 0 Å². The number of aliphatic carboxylic acids is 1. The van der Waals surface area contributed by atoms with Crippen molar-refractivity contribution in [3.8, 4) is 17.2 Å². The largest absolute Gasteiger partial charge is 0.507 e. The van der Waals surface area contributed by atoms with Gasteiger partial charge in [-0.05, 0) is 13.0 Å². The molecular formula is C31H33NO14. The van der Waals surface area contributed by atoms with Crippen molar-refractivity contribution in [2.45, 2.75) is 75.3 Å². The summed E-state index contributed by atoms with van der Waals surface area (Å²) in [6.45, 7) is 0.389. The second-order valence-corrected chi connectivity index (χ2v) is 11.6. The number of carboxylic acid groups (broad SMARTS) is 1. The van der Waals surface area contributed by atoms with Crippen LogP contribution in [0.25, 0.3) is 0 Å². The van der Waals surface area contributed by atoms with E-state index in [1.807, 2.05) is 0 Å². The van der Waals surface area contributed by atoms with E-state index in [0.29, 0.717) is 0 Å². The molecule has 0 aromatic heterocycles. The summed E-state index contributed by atoms with van der Waals surface area (Å²) in [6, 6.07) is 3.28. The number of hydrogen-bond donors (Lipinski definition) is 7. The first-order valence-corrected chi connectivity index (χ1v) is 14.5. The number of phenols is 2. The molecule has 0 bridgehead atoms. The number of ether oxygens (including phenoxy) is 3. The second kappa shape index (κ2) is 12.4. The zero-order valence-electron chi connectivity index (χ0n) is 24.8. The van der Waals surface area contributed by atoms with Gasteiger partial charge in [0, 0.05) is 42.4 Å². The van der Waals surface area contributed by atoms with E-state index in [9.17, 15) is 49.5 Å². The van der Waals surface area contributed by atoms with E-state index in [-0.39, 0.29) is 40.8 Å². The minimum atomic E-state index is -2.35. The molecule has 1 heterocycles. The first-order valence-electron chi connectivity index (χ1n) is 14.5. The van der Waals surface area contributed by atoms with Gasteiger partial charge >= 0.3 is 5.97 Å². The van der Waals surface area contributed by atoms with Gasteiger partial charge in [-0.1, -0.05) is 12.1 Å². The molecule has 46 heavy (non-hydrogen) atoms. The third-order valence-electron chi connectivity index (χ3n) is 8.67. The lowest BCUT2D eigenvalue weighted by Crippen LogP contribution is -2.55. The Kier molecular flexibility index (Phi) is 8.90. The number of carbonyl (C=O) groups is 5. The SMILES string of the molecule is COc1cccc2c1C(=O)c1c(O)c3c(c(O)c1C2=O)C[C@@](O)(C(=O)CO)CC3O[C@H]1C[C@H](NC(=O)CCC(=O)O)[C@H](O)[C@@H](C)O1. The Bertz CT molecular complexity index is 1640. The highest BCUT2D eigenvalue weighted by atomic mass is 16.7. The number of rotatable bonds is 9. The molecule has 2 aliphatic carbocycles. The quantitative estimate of drug-likeness (QED) is 0.152. The Hall–Kier alpha value is -4.41. The Labute approximate surface area is 261 Å². The van der Waals surface area contributed by atoms with Crippen LogP contribution in [0.3, 0.4) is 0 Å². The number of phenolic OH excluding ortho intramolecular Hbond substituents is 2. The summed E-state index contributed by atoms with van der Waals surface area (Å²) < 4.78 is 17.1. The normalized spacial score (nSPS) is 26.8. The lowest BCUT2D eigenvalue weighted by molar-refractivity contribution is -0.249. The van der Waals surface area contributed by atoms with E-state index in [1.54, 1.807) is 0 Å². The van der Waals surface area contributed by atoms with E-state index in [1.165, 1.54) is 32.2 Å². The highest BCUT2D eigenvalue weighted by molar-refractivity contribution is 6.31. The molecule has 1 saturated heterocycles. The molecule has 246 valence electrons. The molecule has 1 amide bonds. The van der Waals surface area contributed by atoms with Crippen LogP contribution in [0.4, 0.5) is 0 Å². The maximum Gasteiger partial charge on any atom is 0.303 e. The molecule has 0 radical (unpaired) electrons. The second-order valence-electron chi connectivity index (χ2n) is 11.6. The zero-order chi connectivity index (χ0) is 33.7. The van der Waals surface area contributed by atoms with E-state index in [0.717, 1.165) is 0 Å². The van der Waals surface area contributed by atoms with E-state index in [2.05, 4.69) is 5.32 Å². The van der Waals surface area contributed by atoms with Gasteiger partial charge in [-0.3, -0.25) is 24.0 Å². The van der Waals surface area contributed by atoms with Gasteiger partial charge in [-0.15, -0.1) is 0 Å². The van der Waals surface area contributed by atoms with E-state index in [4.69, 9.17) is 19.3 Å². The number of carboxylic acids is 1. The Morgan fingerprint density at radius 2 is 1.76 bits per heavy atom. The Morgan fingerprint density at radius 3 is 2.41 bits per heavy atom. The van der Waals surface area contributed by atoms with Crippen molar-refractivity contribution < 1.29 is 68.8 Å². The van der Waals surface area contributed by atoms with Crippen LogP contribution in [0.15, 0.2) is 18.2 Å². The van der Waals surface area contributed by atoms with Crippen LogP contribution in [0.5, 0.6) is 17.2 Å². The van der Waals surface area contributed by atoms with Crippen molar-refractivity contribution >= 4 is 29.2 Å². The number of aliphatic hydroxyl groups excluding tert-OH is 2. The molecule has 6 atom stereocenters. The monoisotopic (exact) mass is 643 g/mol. The molecule has 2 aromatic rings. The highest BCUT2D eigenvalue weighted by Crippen LogP contribution is 2.52. The fourth-order valence-corrected chi connectivity index (χ4v) is 6.36. The molecule has 15 heteroatoms. The summed E-state index contributed by atoms with van der Waals surface area (Å²) in [5, 5.41) is 66.1. The predicted molar refractivity (Wildman–Crippen MR) is 153 cm³/mol. The molecular weight excluding hydrogens is 610 g/mol. The van der Waals surface area contributed by atoms with Crippen LogP contribution in [0.2, 0.25) is 0 Å². The van der Waals surface area contributed by atoms with E-state index < -0.39 is 114 Å². The number of benzene rings is 2. The lowest BCUT2D eigenvalue weighted by Gasteiger charge is -2.43. The predicted octanol–water partition coefficient (Wildman–Crippen LogP) is 0.0236. The third kappa shape index (κ3) is 5.60. The van der Waals surface area contributed by atoms with Crippen molar-refractivity contribution in [1.29, 1.82) is 0 Å². The smallest absolute Gasteiger partial charge is 0.303 e. The lowest BCUT2D eigenvalue weighted by atomic mass is 9.72. The fraction of sp³-hybridized carbons (Fsp3) is 0.452. The Balaban J connectivity index is 1.57. The number of nitrogens with one attached hydrogen (secondary N) is 1. The summed E-state index contributed by atoms with van der Waals surface area (Å²) in [7, 11) is 1.29. The van der Waals surface area contributed by atoms with E-state index >= 15 is 0 Å². The molecule has 0 spiro atoms. The van der Waals surface area contributed by atoms with Gasteiger partial charge in [0.15, 0.2) is 17.9 Å². The molecule has 0 saturated carbocycles. The minimum Gasteiger partial charge on any atom is -0.507 e. The van der Waals surface area contributed by atoms with Crippen LogP contribution >= 0.6 is 0 Å². The van der Waals surface area contributed by atoms with Crippen LogP contribution in [0.1, 0.15) is 81.7 Å². The average molecular weight is 644 g/mol.